The standard InChI is InChI=1S/C19H18O2/c20-13-5-7-15-6-3-10-17(14-15)21-19-12-4-9-16-8-1-2-11-18(16)19/h1-4,6,8-12,14,20H,5,7,13H2. The van der Waals surface area contributed by atoms with Gasteiger partial charge < -0.3 is 9.84 Å². The van der Waals surface area contributed by atoms with E-state index in [4.69, 9.17) is 9.84 Å². The van der Waals surface area contributed by atoms with Crippen molar-refractivity contribution in [1.82, 2.24) is 0 Å². The Morgan fingerprint density at radius 1 is 0.857 bits per heavy atom. The van der Waals surface area contributed by atoms with Crippen molar-refractivity contribution in [2.24, 2.45) is 0 Å². The highest BCUT2D eigenvalue weighted by atomic mass is 16.5. The summed E-state index contributed by atoms with van der Waals surface area (Å²) in [7, 11) is 0. The summed E-state index contributed by atoms with van der Waals surface area (Å²) in [5, 5.41) is 11.2. The number of hydrogen-bond donors (Lipinski definition) is 1. The average Bonchev–Trinajstić information content (AvgIpc) is 2.54. The maximum atomic E-state index is 8.92. The average molecular weight is 278 g/mol. The largest absolute Gasteiger partial charge is 0.457 e. The van der Waals surface area contributed by atoms with Gasteiger partial charge in [-0.25, -0.2) is 0 Å². The van der Waals surface area contributed by atoms with Gasteiger partial charge >= 0.3 is 0 Å². The van der Waals surface area contributed by atoms with E-state index in [1.165, 1.54) is 10.9 Å². The molecule has 21 heavy (non-hydrogen) atoms. The number of aryl methyl sites for hydroxylation is 1. The first kappa shape index (κ1) is 13.7. The van der Waals surface area contributed by atoms with E-state index in [-0.39, 0.29) is 6.61 Å². The van der Waals surface area contributed by atoms with Gasteiger partial charge in [-0.1, -0.05) is 48.5 Å². The van der Waals surface area contributed by atoms with Gasteiger partial charge in [0.2, 0.25) is 0 Å². The molecule has 2 nitrogen and oxygen atoms in total. The van der Waals surface area contributed by atoms with Gasteiger partial charge in [-0.2, -0.15) is 0 Å². The molecule has 3 aromatic carbocycles. The number of aliphatic hydroxyl groups excluding tert-OH is 1. The molecule has 3 rings (SSSR count). The lowest BCUT2D eigenvalue weighted by atomic mass is 10.1. The van der Waals surface area contributed by atoms with Crippen LogP contribution >= 0.6 is 0 Å². The molecule has 0 aromatic heterocycles. The Hall–Kier alpha value is -2.32. The third kappa shape index (κ3) is 3.23. The molecule has 0 spiro atoms. The zero-order chi connectivity index (χ0) is 14.5. The van der Waals surface area contributed by atoms with E-state index in [1.54, 1.807) is 0 Å². The summed E-state index contributed by atoms with van der Waals surface area (Å²) in [6.07, 6.45) is 1.64. The molecular formula is C19H18O2. The van der Waals surface area contributed by atoms with Gasteiger partial charge in [0.05, 0.1) is 0 Å². The third-order valence-corrected chi connectivity index (χ3v) is 3.50. The van der Waals surface area contributed by atoms with Crippen LogP contribution in [0.5, 0.6) is 11.5 Å². The van der Waals surface area contributed by atoms with E-state index in [0.717, 1.165) is 29.7 Å². The Bertz CT molecular complexity index is 729. The van der Waals surface area contributed by atoms with Crippen LogP contribution < -0.4 is 4.74 Å². The van der Waals surface area contributed by atoms with Gasteiger partial charge in [0.1, 0.15) is 11.5 Å². The molecule has 1 N–H and O–H groups in total. The molecule has 0 saturated heterocycles. The summed E-state index contributed by atoms with van der Waals surface area (Å²) in [6.45, 7) is 0.217. The summed E-state index contributed by atoms with van der Waals surface area (Å²) in [5.41, 5.74) is 1.18. The van der Waals surface area contributed by atoms with Crippen LogP contribution in [0.15, 0.2) is 66.7 Å². The molecule has 0 aliphatic heterocycles. The maximum Gasteiger partial charge on any atom is 0.135 e. The van der Waals surface area contributed by atoms with Crippen molar-refractivity contribution in [2.75, 3.05) is 6.61 Å². The zero-order valence-electron chi connectivity index (χ0n) is 11.8. The van der Waals surface area contributed by atoms with Crippen LogP contribution in [0.3, 0.4) is 0 Å². The fourth-order valence-electron chi connectivity index (χ4n) is 2.46. The minimum atomic E-state index is 0.217. The van der Waals surface area contributed by atoms with Crippen LogP contribution in [0.2, 0.25) is 0 Å². The Balaban J connectivity index is 1.88. The Labute approximate surface area is 124 Å². The number of aliphatic hydroxyl groups is 1. The van der Waals surface area contributed by atoms with Gasteiger partial charge in [-0.3, -0.25) is 0 Å². The quantitative estimate of drug-likeness (QED) is 0.741. The summed E-state index contributed by atoms with van der Waals surface area (Å²) in [5.74, 6) is 1.70. The topological polar surface area (TPSA) is 29.5 Å². The number of ether oxygens (including phenoxy) is 1. The molecule has 0 unspecified atom stereocenters. The van der Waals surface area contributed by atoms with E-state index in [2.05, 4.69) is 24.3 Å². The predicted octanol–water partition coefficient (Wildman–Crippen LogP) is 4.56. The molecule has 3 aromatic rings. The van der Waals surface area contributed by atoms with Crippen molar-refractivity contribution in [3.05, 3.63) is 72.3 Å². The third-order valence-electron chi connectivity index (χ3n) is 3.50. The van der Waals surface area contributed by atoms with E-state index in [9.17, 15) is 0 Å². The van der Waals surface area contributed by atoms with E-state index in [0.29, 0.717) is 0 Å². The number of fused-ring (bicyclic) bond motifs is 1. The first-order chi connectivity index (χ1) is 10.4. The summed E-state index contributed by atoms with van der Waals surface area (Å²) in [6, 6.07) is 22.3. The van der Waals surface area contributed by atoms with E-state index >= 15 is 0 Å². The van der Waals surface area contributed by atoms with Crippen LogP contribution in [0, 0.1) is 0 Å². The van der Waals surface area contributed by atoms with Crippen LogP contribution in [-0.2, 0) is 6.42 Å². The Morgan fingerprint density at radius 3 is 2.57 bits per heavy atom. The van der Waals surface area contributed by atoms with Crippen molar-refractivity contribution in [3.63, 3.8) is 0 Å². The highest BCUT2D eigenvalue weighted by Crippen LogP contribution is 2.30. The smallest absolute Gasteiger partial charge is 0.135 e. The lowest BCUT2D eigenvalue weighted by Gasteiger charge is -2.10. The minimum Gasteiger partial charge on any atom is -0.457 e. The molecule has 0 aliphatic carbocycles. The van der Waals surface area contributed by atoms with E-state index in [1.807, 2.05) is 42.5 Å². The molecule has 0 amide bonds. The normalized spacial score (nSPS) is 10.7. The van der Waals surface area contributed by atoms with E-state index < -0.39 is 0 Å². The van der Waals surface area contributed by atoms with Gasteiger partial charge in [0.15, 0.2) is 0 Å². The SMILES string of the molecule is OCCCc1cccc(Oc2cccc3ccccc23)c1. The molecule has 0 aliphatic rings. The first-order valence-electron chi connectivity index (χ1n) is 7.22. The lowest BCUT2D eigenvalue weighted by molar-refractivity contribution is 0.288. The number of rotatable bonds is 5. The monoisotopic (exact) mass is 278 g/mol. The molecule has 0 atom stereocenters. The fraction of sp³-hybridized carbons (Fsp3) is 0.158. The zero-order valence-corrected chi connectivity index (χ0v) is 11.8. The van der Waals surface area contributed by atoms with Crippen molar-refractivity contribution in [2.45, 2.75) is 12.8 Å². The van der Waals surface area contributed by atoms with Crippen LogP contribution in [-0.4, -0.2) is 11.7 Å². The molecule has 2 heteroatoms. The van der Waals surface area contributed by atoms with Crippen LogP contribution in [0.1, 0.15) is 12.0 Å². The highest BCUT2D eigenvalue weighted by molar-refractivity contribution is 5.88. The Morgan fingerprint density at radius 2 is 1.67 bits per heavy atom. The molecule has 0 saturated carbocycles. The van der Waals surface area contributed by atoms with Crippen molar-refractivity contribution >= 4 is 10.8 Å². The number of benzene rings is 3. The van der Waals surface area contributed by atoms with Crippen molar-refractivity contribution in [1.29, 1.82) is 0 Å². The number of hydrogen-bond acceptors (Lipinski definition) is 2. The molecule has 0 bridgehead atoms. The van der Waals surface area contributed by atoms with Gasteiger partial charge in [0.25, 0.3) is 0 Å². The molecule has 0 heterocycles. The van der Waals surface area contributed by atoms with Gasteiger partial charge in [0, 0.05) is 12.0 Å². The molecule has 0 radical (unpaired) electrons. The summed E-state index contributed by atoms with van der Waals surface area (Å²) >= 11 is 0. The second-order valence-electron chi connectivity index (χ2n) is 5.05. The van der Waals surface area contributed by atoms with Gasteiger partial charge in [-0.05, 0) is 42.0 Å². The second-order valence-corrected chi connectivity index (χ2v) is 5.05. The lowest BCUT2D eigenvalue weighted by Crippen LogP contribution is -1.91. The van der Waals surface area contributed by atoms with Crippen molar-refractivity contribution in [3.8, 4) is 11.5 Å². The predicted molar refractivity (Wildman–Crippen MR) is 85.9 cm³/mol. The summed E-state index contributed by atoms with van der Waals surface area (Å²) < 4.78 is 6.05. The molecular weight excluding hydrogens is 260 g/mol. The highest BCUT2D eigenvalue weighted by Gasteiger charge is 2.03. The minimum absolute atomic E-state index is 0.217. The van der Waals surface area contributed by atoms with Crippen molar-refractivity contribution < 1.29 is 9.84 Å². The second kappa shape index (κ2) is 6.42. The van der Waals surface area contributed by atoms with Crippen LogP contribution in [0.25, 0.3) is 10.8 Å². The Kier molecular flexibility index (Phi) is 4.17. The van der Waals surface area contributed by atoms with Gasteiger partial charge in [-0.15, -0.1) is 0 Å². The fourth-order valence-corrected chi connectivity index (χ4v) is 2.46. The summed E-state index contributed by atoms with van der Waals surface area (Å²) in [4.78, 5) is 0. The first-order valence-corrected chi connectivity index (χ1v) is 7.22. The van der Waals surface area contributed by atoms with Crippen LogP contribution in [0.4, 0.5) is 0 Å². The maximum absolute atomic E-state index is 8.92. The molecule has 0 fully saturated rings. The molecule has 106 valence electrons.